The molecule has 0 bridgehead atoms. The van der Waals surface area contributed by atoms with Crippen LogP contribution in [0.3, 0.4) is 0 Å². The highest BCUT2D eigenvalue weighted by atomic mass is 32.2. The molecular formula is C11H17N3S. The maximum Gasteiger partial charge on any atom is 0.124 e. The second-order valence-electron chi connectivity index (χ2n) is 3.61. The normalized spacial score (nSPS) is 12.4. The average molecular weight is 223 g/mol. The van der Waals surface area contributed by atoms with Crippen LogP contribution < -0.4 is 5.73 Å². The fourth-order valence-corrected chi connectivity index (χ4v) is 2.24. The van der Waals surface area contributed by atoms with Crippen molar-refractivity contribution in [1.29, 1.82) is 5.41 Å². The molecule has 0 spiro atoms. The minimum Gasteiger partial charge on any atom is -0.384 e. The second-order valence-corrected chi connectivity index (χ2v) is 4.67. The SMILES string of the molecule is CCC(C)CSc1cnccc1C(=N)N. The first-order chi connectivity index (χ1) is 7.15. The van der Waals surface area contributed by atoms with Crippen molar-refractivity contribution in [2.24, 2.45) is 11.7 Å². The van der Waals surface area contributed by atoms with Crippen molar-refractivity contribution in [3.8, 4) is 0 Å². The molecule has 15 heavy (non-hydrogen) atoms. The summed E-state index contributed by atoms with van der Waals surface area (Å²) in [6.07, 6.45) is 4.62. The van der Waals surface area contributed by atoms with Crippen LogP contribution in [0.15, 0.2) is 23.4 Å². The van der Waals surface area contributed by atoms with E-state index in [2.05, 4.69) is 18.8 Å². The van der Waals surface area contributed by atoms with Crippen LogP contribution in [0, 0.1) is 11.3 Å². The van der Waals surface area contributed by atoms with E-state index in [-0.39, 0.29) is 5.84 Å². The number of aromatic nitrogens is 1. The van der Waals surface area contributed by atoms with Crippen molar-refractivity contribution < 1.29 is 0 Å². The number of thioether (sulfide) groups is 1. The van der Waals surface area contributed by atoms with Gasteiger partial charge in [0.05, 0.1) is 0 Å². The highest BCUT2D eigenvalue weighted by molar-refractivity contribution is 7.99. The molecule has 1 aromatic rings. The highest BCUT2D eigenvalue weighted by Crippen LogP contribution is 2.24. The Hall–Kier alpha value is -1.03. The molecule has 0 saturated carbocycles. The Morgan fingerprint density at radius 2 is 2.40 bits per heavy atom. The molecule has 0 radical (unpaired) electrons. The monoisotopic (exact) mass is 223 g/mol. The molecule has 3 N–H and O–H groups in total. The first-order valence-corrected chi connectivity index (χ1v) is 6.05. The number of hydrogen-bond donors (Lipinski definition) is 2. The summed E-state index contributed by atoms with van der Waals surface area (Å²) >= 11 is 1.72. The van der Waals surface area contributed by atoms with Crippen LogP contribution in [0.25, 0.3) is 0 Å². The van der Waals surface area contributed by atoms with Gasteiger partial charge in [-0.05, 0) is 12.0 Å². The lowest BCUT2D eigenvalue weighted by Crippen LogP contribution is -2.12. The lowest BCUT2D eigenvalue weighted by molar-refractivity contribution is 0.637. The Morgan fingerprint density at radius 1 is 1.67 bits per heavy atom. The summed E-state index contributed by atoms with van der Waals surface area (Å²) in [4.78, 5) is 5.06. The largest absolute Gasteiger partial charge is 0.384 e. The number of hydrogen-bond acceptors (Lipinski definition) is 3. The van der Waals surface area contributed by atoms with E-state index in [1.165, 1.54) is 6.42 Å². The van der Waals surface area contributed by atoms with Gasteiger partial charge in [-0.25, -0.2) is 0 Å². The van der Waals surface area contributed by atoms with E-state index in [0.29, 0.717) is 5.92 Å². The lowest BCUT2D eigenvalue weighted by Gasteiger charge is -2.10. The molecule has 3 nitrogen and oxygen atoms in total. The van der Waals surface area contributed by atoms with Crippen LogP contribution in [0.5, 0.6) is 0 Å². The van der Waals surface area contributed by atoms with Gasteiger partial charge in [0.25, 0.3) is 0 Å². The van der Waals surface area contributed by atoms with Crippen molar-refractivity contribution in [3.05, 3.63) is 24.0 Å². The maximum absolute atomic E-state index is 7.44. The number of rotatable bonds is 5. The summed E-state index contributed by atoms with van der Waals surface area (Å²) < 4.78 is 0. The number of amidine groups is 1. The molecular weight excluding hydrogens is 206 g/mol. The van der Waals surface area contributed by atoms with Gasteiger partial charge in [0.2, 0.25) is 0 Å². The van der Waals surface area contributed by atoms with Crippen molar-refractivity contribution in [2.45, 2.75) is 25.2 Å². The zero-order valence-electron chi connectivity index (χ0n) is 9.16. The van der Waals surface area contributed by atoms with Gasteiger partial charge in [0, 0.05) is 28.6 Å². The third kappa shape index (κ3) is 3.55. The van der Waals surface area contributed by atoms with E-state index in [4.69, 9.17) is 11.1 Å². The van der Waals surface area contributed by atoms with Gasteiger partial charge < -0.3 is 5.73 Å². The molecule has 1 aromatic heterocycles. The fourth-order valence-electron chi connectivity index (χ4n) is 1.07. The Labute approximate surface area is 95.0 Å². The zero-order valence-corrected chi connectivity index (χ0v) is 9.97. The quantitative estimate of drug-likeness (QED) is 0.458. The topological polar surface area (TPSA) is 62.8 Å². The number of nitrogens with two attached hydrogens (primary N) is 1. The predicted octanol–water partition coefficient (Wildman–Crippen LogP) is 2.50. The maximum atomic E-state index is 7.44. The van der Waals surface area contributed by atoms with Gasteiger partial charge >= 0.3 is 0 Å². The molecule has 0 fully saturated rings. The van der Waals surface area contributed by atoms with Gasteiger partial charge in [-0.3, -0.25) is 10.4 Å². The molecule has 0 aliphatic heterocycles. The molecule has 0 aromatic carbocycles. The van der Waals surface area contributed by atoms with Crippen molar-refractivity contribution in [2.75, 3.05) is 5.75 Å². The Kier molecular flexibility index (Phi) is 4.62. The minimum absolute atomic E-state index is 0.115. The Bertz CT molecular complexity index is 338. The van der Waals surface area contributed by atoms with Crippen molar-refractivity contribution >= 4 is 17.6 Å². The number of nitrogen functional groups attached to an aromatic ring is 1. The molecule has 1 atom stereocenters. The summed E-state index contributed by atoms with van der Waals surface area (Å²) in [6, 6.07) is 1.79. The van der Waals surface area contributed by atoms with E-state index in [1.54, 1.807) is 30.2 Å². The highest BCUT2D eigenvalue weighted by Gasteiger charge is 2.07. The van der Waals surface area contributed by atoms with Crippen molar-refractivity contribution in [1.82, 2.24) is 4.98 Å². The molecule has 82 valence electrons. The number of nitrogens with one attached hydrogen (secondary N) is 1. The van der Waals surface area contributed by atoms with E-state index in [1.807, 2.05) is 0 Å². The average Bonchev–Trinajstić information content (AvgIpc) is 2.26. The standard InChI is InChI=1S/C11H17N3S/c1-3-8(2)7-15-10-6-14-5-4-9(10)11(12)13/h4-6,8H,3,7H2,1-2H3,(H3,12,13). The molecule has 0 aliphatic carbocycles. The van der Waals surface area contributed by atoms with Crippen LogP contribution in [0.2, 0.25) is 0 Å². The summed E-state index contributed by atoms with van der Waals surface area (Å²) in [5.41, 5.74) is 6.29. The Balaban J connectivity index is 2.72. The predicted molar refractivity (Wildman–Crippen MR) is 65.4 cm³/mol. The van der Waals surface area contributed by atoms with Gasteiger partial charge in [-0.1, -0.05) is 20.3 Å². The summed E-state index contributed by atoms with van der Waals surface area (Å²) in [5, 5.41) is 7.44. The number of nitrogens with zero attached hydrogens (tertiary/aromatic N) is 1. The summed E-state index contributed by atoms with van der Waals surface area (Å²) in [5.74, 6) is 1.83. The Morgan fingerprint density at radius 3 is 3.00 bits per heavy atom. The minimum atomic E-state index is 0.115. The molecule has 4 heteroatoms. The van der Waals surface area contributed by atoms with Crippen LogP contribution in [0.1, 0.15) is 25.8 Å². The van der Waals surface area contributed by atoms with Crippen LogP contribution >= 0.6 is 11.8 Å². The third-order valence-electron chi connectivity index (χ3n) is 2.29. The van der Waals surface area contributed by atoms with Crippen LogP contribution in [0.4, 0.5) is 0 Å². The van der Waals surface area contributed by atoms with Gasteiger partial charge in [0.15, 0.2) is 0 Å². The van der Waals surface area contributed by atoms with Crippen molar-refractivity contribution in [3.63, 3.8) is 0 Å². The second kappa shape index (κ2) is 5.75. The van der Waals surface area contributed by atoms with E-state index < -0.39 is 0 Å². The van der Waals surface area contributed by atoms with Gasteiger partial charge in [-0.2, -0.15) is 0 Å². The zero-order chi connectivity index (χ0) is 11.3. The molecule has 0 amide bonds. The fraction of sp³-hybridized carbons (Fsp3) is 0.455. The van der Waals surface area contributed by atoms with E-state index >= 15 is 0 Å². The third-order valence-corrected chi connectivity index (χ3v) is 3.67. The summed E-state index contributed by atoms with van der Waals surface area (Å²) in [7, 11) is 0. The van der Waals surface area contributed by atoms with Gasteiger partial charge in [-0.15, -0.1) is 11.8 Å². The smallest absolute Gasteiger partial charge is 0.124 e. The number of pyridine rings is 1. The van der Waals surface area contributed by atoms with E-state index in [0.717, 1.165) is 16.2 Å². The molecule has 1 rings (SSSR count). The summed E-state index contributed by atoms with van der Waals surface area (Å²) in [6.45, 7) is 4.40. The van der Waals surface area contributed by atoms with E-state index in [9.17, 15) is 0 Å². The van der Waals surface area contributed by atoms with Crippen LogP contribution in [-0.4, -0.2) is 16.6 Å². The molecule has 1 unspecified atom stereocenters. The molecule has 0 saturated heterocycles. The molecule has 0 aliphatic rings. The first kappa shape index (κ1) is 12.0. The molecule has 1 heterocycles. The lowest BCUT2D eigenvalue weighted by atomic mass is 10.2. The van der Waals surface area contributed by atoms with Gasteiger partial charge in [0.1, 0.15) is 5.84 Å². The van der Waals surface area contributed by atoms with Crippen LogP contribution in [-0.2, 0) is 0 Å². The first-order valence-electron chi connectivity index (χ1n) is 5.06.